The van der Waals surface area contributed by atoms with Gasteiger partial charge in [-0.05, 0) is 19.9 Å². The first-order chi connectivity index (χ1) is 11.7. The molecule has 0 saturated carbocycles. The van der Waals surface area contributed by atoms with Crippen molar-refractivity contribution in [2.75, 3.05) is 12.1 Å². The van der Waals surface area contributed by atoms with Gasteiger partial charge in [-0.1, -0.05) is 0 Å². The van der Waals surface area contributed by atoms with Crippen LogP contribution in [0.5, 0.6) is 0 Å². The number of aromatic nitrogens is 2. The molecule has 11 heteroatoms. The Morgan fingerprint density at radius 1 is 1.54 bits per heavy atom. The third-order valence-electron chi connectivity index (χ3n) is 3.08. The first-order valence-corrected chi connectivity index (χ1v) is 7.06. The highest BCUT2D eigenvalue weighted by molar-refractivity contribution is 5.60. The monoisotopic (exact) mass is 346 g/mol. The topological polar surface area (TPSA) is 152 Å². The highest BCUT2D eigenvalue weighted by Gasteiger charge is 2.44. The van der Waals surface area contributed by atoms with Crippen molar-refractivity contribution in [2.45, 2.75) is 44.5 Å². The Morgan fingerprint density at radius 3 is 2.83 bits per heavy atom. The zero-order valence-corrected chi connectivity index (χ0v) is 12.9. The molecule has 11 nitrogen and oxygen atoms in total. The normalized spacial score (nSPS) is 30.1. The fourth-order valence-corrected chi connectivity index (χ4v) is 1.99. The van der Waals surface area contributed by atoms with Crippen LogP contribution in [-0.2, 0) is 14.2 Å². The van der Waals surface area contributed by atoms with Crippen LogP contribution in [0.15, 0.2) is 17.1 Å². The quantitative estimate of drug-likeness (QED) is 0.395. The van der Waals surface area contributed by atoms with Crippen LogP contribution in [0.1, 0.15) is 21.4 Å². The van der Waals surface area contributed by atoms with Gasteiger partial charge in [-0.2, -0.15) is 4.98 Å². The van der Waals surface area contributed by atoms with Gasteiger partial charge in [-0.25, -0.2) is 9.59 Å². The molecule has 134 valence electrons. The summed E-state index contributed by atoms with van der Waals surface area (Å²) in [7, 11) is 0. The Bertz CT molecular complexity index is 683. The van der Waals surface area contributed by atoms with E-state index < -0.39 is 49.1 Å². The Hall–Kier alpha value is -2.21. The summed E-state index contributed by atoms with van der Waals surface area (Å²) in [5.41, 5.74) is 0.652. The van der Waals surface area contributed by atoms with E-state index in [9.17, 15) is 19.8 Å². The van der Waals surface area contributed by atoms with E-state index in [1.807, 2.05) is 0 Å². The molecule has 0 aliphatic carbocycles. The van der Waals surface area contributed by atoms with E-state index in [4.69, 9.17) is 20.8 Å². The van der Waals surface area contributed by atoms with Crippen molar-refractivity contribution in [3.63, 3.8) is 0 Å². The van der Waals surface area contributed by atoms with Crippen LogP contribution in [0.4, 0.5) is 10.6 Å². The summed E-state index contributed by atoms with van der Waals surface area (Å²) in [6.07, 6.45) is -7.46. The molecule has 1 aromatic heterocycles. The van der Waals surface area contributed by atoms with Gasteiger partial charge in [0.1, 0.15) is 24.9 Å². The summed E-state index contributed by atoms with van der Waals surface area (Å²) >= 11 is 0. The summed E-state index contributed by atoms with van der Waals surface area (Å²) < 4.78 is 23.6. The molecule has 1 aliphatic rings. The van der Waals surface area contributed by atoms with Crippen LogP contribution >= 0.6 is 0 Å². The minimum atomic E-state index is -2.40. The molecule has 0 bridgehead atoms. The van der Waals surface area contributed by atoms with Crippen LogP contribution in [0.3, 0.4) is 0 Å². The van der Waals surface area contributed by atoms with Gasteiger partial charge in [0.2, 0.25) is 0 Å². The molecule has 24 heavy (non-hydrogen) atoms. The summed E-state index contributed by atoms with van der Waals surface area (Å²) in [4.78, 5) is 26.7. The van der Waals surface area contributed by atoms with Crippen LogP contribution < -0.4 is 11.2 Å². The molecule has 1 fully saturated rings. The minimum Gasteiger partial charge on any atom is -0.432 e. The number of aliphatic hydroxyl groups is 2. The Morgan fingerprint density at radius 2 is 2.25 bits per heavy atom. The Balaban J connectivity index is 2.15. The summed E-state index contributed by atoms with van der Waals surface area (Å²) in [6.45, 7) is 2.74. The number of aliphatic hydroxyl groups excluding tert-OH is 2. The van der Waals surface area contributed by atoms with Crippen molar-refractivity contribution in [2.24, 2.45) is 0 Å². The van der Waals surface area contributed by atoms with E-state index >= 15 is 0 Å². The predicted octanol–water partition coefficient (Wildman–Crippen LogP) is -0.775. The average Bonchev–Trinajstić information content (AvgIpc) is 2.77. The lowest BCUT2D eigenvalue weighted by molar-refractivity contribution is -0.0663. The van der Waals surface area contributed by atoms with E-state index in [0.29, 0.717) is 4.57 Å². The van der Waals surface area contributed by atoms with Crippen LogP contribution in [-0.4, -0.2) is 62.1 Å². The molecule has 1 aromatic rings. The van der Waals surface area contributed by atoms with E-state index in [0.717, 1.165) is 12.3 Å². The van der Waals surface area contributed by atoms with Crippen molar-refractivity contribution >= 4 is 12.0 Å². The van der Waals surface area contributed by atoms with Crippen molar-refractivity contribution in [1.29, 1.82) is 0 Å². The molecule has 0 amide bonds. The molecule has 0 spiro atoms. The molecule has 1 aliphatic heterocycles. The van der Waals surface area contributed by atoms with Crippen molar-refractivity contribution < 1.29 is 35.8 Å². The lowest BCUT2D eigenvalue weighted by atomic mass is 10.1. The lowest BCUT2D eigenvalue weighted by Crippen LogP contribution is -2.36. The van der Waals surface area contributed by atoms with Gasteiger partial charge < -0.3 is 24.4 Å². The molecule has 0 unspecified atom stereocenters. The van der Waals surface area contributed by atoms with Gasteiger partial charge in [-0.15, -0.1) is 0 Å². The number of nitrogens with one attached hydrogen (secondary N) is 1. The van der Waals surface area contributed by atoms with Gasteiger partial charge in [-0.3, -0.25) is 15.3 Å². The number of carbonyl (C=O) groups is 1. The maximum absolute atomic E-state index is 11.9. The van der Waals surface area contributed by atoms with Crippen LogP contribution in [0, 0.1) is 0 Å². The second-order valence-corrected chi connectivity index (χ2v) is 5.23. The number of anilines is 1. The highest BCUT2D eigenvalue weighted by atomic mass is 16.7. The fourth-order valence-electron chi connectivity index (χ4n) is 1.99. The molecule has 2 heterocycles. The number of ether oxygens (including phenoxy) is 3. The number of carbonyl (C=O) groups excluding carboxylic acids is 1. The predicted molar refractivity (Wildman–Crippen MR) is 77.4 cm³/mol. The SMILES string of the molecule is [2H][C@@]1(n2ccc(NO)nc2=O)O[C@H](COC(=O)OC(C)C)[C@@H](O)[C@H]1O. The molecular weight excluding hydrogens is 326 g/mol. The first-order valence-electron chi connectivity index (χ1n) is 7.56. The smallest absolute Gasteiger partial charge is 0.432 e. The molecular formula is C13H19N3O8. The van der Waals surface area contributed by atoms with Crippen molar-refractivity contribution in [1.82, 2.24) is 9.55 Å². The summed E-state index contributed by atoms with van der Waals surface area (Å²) in [6, 6.07) is 1.16. The molecule has 0 radical (unpaired) electrons. The fraction of sp³-hybridized carbons (Fsp3) is 0.615. The highest BCUT2D eigenvalue weighted by Crippen LogP contribution is 2.28. The third-order valence-corrected chi connectivity index (χ3v) is 3.08. The minimum absolute atomic E-state index is 0.172. The zero-order valence-electron chi connectivity index (χ0n) is 13.9. The average molecular weight is 346 g/mol. The van der Waals surface area contributed by atoms with E-state index in [1.54, 1.807) is 19.3 Å². The maximum Gasteiger partial charge on any atom is 0.508 e. The number of hydrogen-bond acceptors (Lipinski definition) is 10. The molecule has 2 rings (SSSR count). The Labute approximate surface area is 137 Å². The lowest BCUT2D eigenvalue weighted by Gasteiger charge is -2.17. The first kappa shape index (κ1) is 16.6. The molecule has 1 saturated heterocycles. The molecule has 4 N–H and O–H groups in total. The van der Waals surface area contributed by atoms with Gasteiger partial charge >= 0.3 is 11.8 Å². The van der Waals surface area contributed by atoms with E-state index in [2.05, 4.69) is 4.98 Å². The number of rotatable bonds is 5. The van der Waals surface area contributed by atoms with Crippen molar-refractivity contribution in [3.05, 3.63) is 22.7 Å². The van der Waals surface area contributed by atoms with Gasteiger partial charge in [0, 0.05) is 6.20 Å². The third kappa shape index (κ3) is 4.00. The second kappa shape index (κ2) is 7.57. The zero-order chi connectivity index (χ0) is 18.8. The van der Waals surface area contributed by atoms with E-state index in [1.165, 1.54) is 0 Å². The molecule has 4 atom stereocenters. The number of nitrogens with zero attached hydrogens (tertiary/aromatic N) is 2. The summed E-state index contributed by atoms with van der Waals surface area (Å²) in [5.74, 6) is -0.172. The van der Waals surface area contributed by atoms with Gasteiger partial charge in [0.25, 0.3) is 0 Å². The summed E-state index contributed by atoms with van der Waals surface area (Å²) in [5, 5.41) is 28.9. The Kier molecular flexibility index (Phi) is 5.25. The van der Waals surface area contributed by atoms with Gasteiger partial charge in [0.15, 0.2) is 12.0 Å². The van der Waals surface area contributed by atoms with Crippen LogP contribution in [0.25, 0.3) is 0 Å². The maximum atomic E-state index is 11.9. The second-order valence-electron chi connectivity index (χ2n) is 5.23. The van der Waals surface area contributed by atoms with Crippen molar-refractivity contribution in [3.8, 4) is 0 Å². The van der Waals surface area contributed by atoms with Gasteiger partial charge in [0.05, 0.1) is 7.47 Å². The number of hydrogen-bond donors (Lipinski definition) is 4. The molecule has 0 aromatic carbocycles. The van der Waals surface area contributed by atoms with E-state index in [-0.39, 0.29) is 5.82 Å². The standard InChI is InChI=1S/C13H19N3O8/c1-6(2)23-13(20)22-5-7-9(17)10(18)11(24-7)16-4-3-8(15-21)14-12(16)19/h3-4,6-7,9-11,17-18,21H,5H2,1-2H3,(H,14,15,19)/t7-,9-,10-,11-/m1/s1/i11D. The largest absolute Gasteiger partial charge is 0.508 e. The van der Waals surface area contributed by atoms with Crippen LogP contribution in [0.2, 0.25) is 0 Å².